The lowest BCUT2D eigenvalue weighted by atomic mass is 10.0. The van der Waals surface area contributed by atoms with Gasteiger partial charge in [0.2, 0.25) is 0 Å². The Balaban J connectivity index is 5.21. The Morgan fingerprint density at radius 2 is 0.440 bits per heavy atom. The van der Waals surface area contributed by atoms with E-state index in [1.54, 1.807) is 0 Å². The monoisotopic (exact) mass is 1340 g/mol. The van der Waals surface area contributed by atoms with E-state index in [4.69, 9.17) is 37.0 Å². The van der Waals surface area contributed by atoms with Gasteiger partial charge in [0.15, 0.2) is 12.2 Å². The predicted molar refractivity (Wildman–Crippen MR) is 368 cm³/mol. The van der Waals surface area contributed by atoms with Crippen molar-refractivity contribution in [3.63, 3.8) is 0 Å². The Morgan fingerprint density at radius 1 is 0.264 bits per heavy atom. The molecular formula is C72H140O17P2. The molecule has 3 N–H and O–H groups in total. The van der Waals surface area contributed by atoms with Gasteiger partial charge < -0.3 is 33.8 Å². The van der Waals surface area contributed by atoms with Crippen molar-refractivity contribution in [3.8, 4) is 0 Å². The minimum atomic E-state index is -4.95. The quantitative estimate of drug-likeness (QED) is 0.0222. The average Bonchev–Trinajstić information content (AvgIpc) is 3.44. The van der Waals surface area contributed by atoms with Crippen LogP contribution in [0, 0.1) is 0 Å². The SMILES string of the molecule is CCCCCCCCCCCCCCCCCCCCC(=O)O[C@H](COC(=O)CCCCCCCCCCCCCC)COP(=O)(O)OC[C@@H](O)COP(=O)(O)OC[C@@H](COC(=O)CCCCCCCCCCC)OC(=O)CCCCCCCCCCCCCC. The molecule has 0 saturated heterocycles. The highest BCUT2D eigenvalue weighted by atomic mass is 31.2. The van der Waals surface area contributed by atoms with Gasteiger partial charge >= 0.3 is 39.5 Å². The molecule has 540 valence electrons. The zero-order valence-electron chi connectivity index (χ0n) is 58.8. The zero-order valence-corrected chi connectivity index (χ0v) is 60.6. The van der Waals surface area contributed by atoms with Crippen LogP contribution in [-0.2, 0) is 65.4 Å². The molecule has 0 aliphatic rings. The first-order chi connectivity index (χ1) is 44.2. The minimum Gasteiger partial charge on any atom is -0.462 e. The second kappa shape index (κ2) is 66.7. The van der Waals surface area contributed by atoms with E-state index in [1.807, 2.05) is 0 Å². The highest BCUT2D eigenvalue weighted by Gasteiger charge is 2.30. The van der Waals surface area contributed by atoms with Gasteiger partial charge in [-0.25, -0.2) is 9.13 Å². The van der Waals surface area contributed by atoms with E-state index in [-0.39, 0.29) is 25.7 Å². The van der Waals surface area contributed by atoms with Gasteiger partial charge in [-0.15, -0.1) is 0 Å². The van der Waals surface area contributed by atoms with Crippen LogP contribution in [0.5, 0.6) is 0 Å². The largest absolute Gasteiger partial charge is 0.472 e. The molecule has 0 fully saturated rings. The van der Waals surface area contributed by atoms with Crippen LogP contribution in [0.1, 0.15) is 381 Å². The lowest BCUT2D eigenvalue weighted by molar-refractivity contribution is -0.161. The molecule has 5 atom stereocenters. The summed E-state index contributed by atoms with van der Waals surface area (Å²) in [7, 11) is -9.90. The topological polar surface area (TPSA) is 237 Å². The van der Waals surface area contributed by atoms with Crippen molar-refractivity contribution in [2.75, 3.05) is 39.6 Å². The van der Waals surface area contributed by atoms with Crippen LogP contribution in [0.15, 0.2) is 0 Å². The summed E-state index contributed by atoms with van der Waals surface area (Å²) >= 11 is 0. The summed E-state index contributed by atoms with van der Waals surface area (Å²) in [5.41, 5.74) is 0. The molecule has 0 bridgehead atoms. The molecule has 91 heavy (non-hydrogen) atoms. The fourth-order valence-corrected chi connectivity index (χ4v) is 12.6. The number of hydrogen-bond donors (Lipinski definition) is 3. The maximum Gasteiger partial charge on any atom is 0.472 e. The summed E-state index contributed by atoms with van der Waals surface area (Å²) in [6.07, 6.45) is 55.4. The standard InChI is InChI=1S/C72H140O17P2/c1-5-9-13-17-21-25-28-31-32-33-34-35-36-39-43-47-51-55-59-72(77)89-68(63-83-70(75)57-53-49-45-41-37-29-26-22-18-14-10-6-2)65-87-91(80,81)85-61-66(73)60-84-90(78,79)86-64-67(62-82-69(74)56-52-48-44-40-24-20-16-12-8-4)88-71(76)58-54-50-46-42-38-30-27-23-19-15-11-7-3/h66-68,73H,5-65H2,1-4H3,(H,78,79)(H,80,81)/t66-,67+,68+/m0/s1. The number of carbonyl (C=O) groups is 4. The lowest BCUT2D eigenvalue weighted by Crippen LogP contribution is -2.30. The Morgan fingerprint density at radius 3 is 0.648 bits per heavy atom. The molecule has 0 aliphatic heterocycles. The summed E-state index contributed by atoms with van der Waals surface area (Å²) in [4.78, 5) is 72.6. The van der Waals surface area contributed by atoms with Gasteiger partial charge in [0.1, 0.15) is 19.3 Å². The third kappa shape index (κ3) is 66.5. The maximum atomic E-state index is 13.0. The fourth-order valence-electron chi connectivity index (χ4n) is 11.0. The van der Waals surface area contributed by atoms with Gasteiger partial charge in [-0.2, -0.15) is 0 Å². The smallest absolute Gasteiger partial charge is 0.462 e. The van der Waals surface area contributed by atoms with Gasteiger partial charge in [-0.3, -0.25) is 37.3 Å². The summed E-state index contributed by atoms with van der Waals surface area (Å²) in [5.74, 6) is -2.12. The first-order valence-electron chi connectivity index (χ1n) is 37.8. The molecule has 19 heteroatoms. The van der Waals surface area contributed by atoms with Gasteiger partial charge in [0.25, 0.3) is 0 Å². The van der Waals surface area contributed by atoms with Crippen LogP contribution in [0.25, 0.3) is 0 Å². The third-order valence-corrected chi connectivity index (χ3v) is 18.8. The van der Waals surface area contributed by atoms with Gasteiger partial charge in [-0.05, 0) is 25.7 Å². The third-order valence-electron chi connectivity index (χ3n) is 16.9. The maximum absolute atomic E-state index is 13.0. The number of aliphatic hydroxyl groups excluding tert-OH is 1. The summed E-state index contributed by atoms with van der Waals surface area (Å²) < 4.78 is 68.3. The molecule has 0 saturated carbocycles. The molecule has 17 nitrogen and oxygen atoms in total. The number of ether oxygens (including phenoxy) is 4. The zero-order chi connectivity index (χ0) is 66.8. The fraction of sp³-hybridized carbons (Fsp3) is 0.944. The van der Waals surface area contributed by atoms with E-state index in [2.05, 4.69) is 27.7 Å². The summed E-state index contributed by atoms with van der Waals surface area (Å²) in [6.45, 7) is 4.95. The minimum absolute atomic E-state index is 0.108. The molecular weight excluding hydrogens is 1200 g/mol. The molecule has 0 rings (SSSR count). The van der Waals surface area contributed by atoms with Gasteiger partial charge in [0, 0.05) is 25.7 Å². The van der Waals surface area contributed by atoms with Crippen molar-refractivity contribution < 1.29 is 80.2 Å². The number of hydrogen-bond acceptors (Lipinski definition) is 15. The number of esters is 4. The van der Waals surface area contributed by atoms with E-state index in [1.165, 1.54) is 212 Å². The van der Waals surface area contributed by atoms with Crippen LogP contribution >= 0.6 is 15.6 Å². The number of phosphoric acid groups is 2. The van der Waals surface area contributed by atoms with Crippen molar-refractivity contribution in [2.24, 2.45) is 0 Å². The first-order valence-corrected chi connectivity index (χ1v) is 40.8. The van der Waals surface area contributed by atoms with Crippen LogP contribution in [0.2, 0.25) is 0 Å². The Hall–Kier alpha value is -1.94. The lowest BCUT2D eigenvalue weighted by Gasteiger charge is -2.21. The second-order valence-electron chi connectivity index (χ2n) is 26.0. The molecule has 0 amide bonds. The molecule has 0 aromatic rings. The number of carbonyl (C=O) groups excluding carboxylic acids is 4. The van der Waals surface area contributed by atoms with Crippen LogP contribution < -0.4 is 0 Å². The molecule has 2 unspecified atom stereocenters. The van der Waals surface area contributed by atoms with Crippen molar-refractivity contribution in [1.29, 1.82) is 0 Å². The number of phosphoric ester groups is 2. The summed E-state index contributed by atoms with van der Waals surface area (Å²) in [5, 5.41) is 10.6. The van der Waals surface area contributed by atoms with E-state index in [0.717, 1.165) is 89.9 Å². The van der Waals surface area contributed by atoms with Crippen molar-refractivity contribution in [3.05, 3.63) is 0 Å². The number of rotatable bonds is 73. The molecule has 0 aromatic carbocycles. The van der Waals surface area contributed by atoms with Crippen LogP contribution in [0.4, 0.5) is 0 Å². The number of unbranched alkanes of at least 4 members (excludes halogenated alkanes) is 47. The highest BCUT2D eigenvalue weighted by Crippen LogP contribution is 2.45. The second-order valence-corrected chi connectivity index (χ2v) is 28.9. The van der Waals surface area contributed by atoms with Crippen LogP contribution in [0.3, 0.4) is 0 Å². The van der Waals surface area contributed by atoms with Gasteiger partial charge in [0.05, 0.1) is 26.4 Å². The van der Waals surface area contributed by atoms with Gasteiger partial charge in [-0.1, -0.05) is 329 Å². The Labute approximate surface area is 556 Å². The van der Waals surface area contributed by atoms with Crippen LogP contribution in [-0.4, -0.2) is 96.7 Å². The molecule has 0 heterocycles. The Kier molecular flexibility index (Phi) is 65.2. The molecule has 0 radical (unpaired) electrons. The Bertz CT molecular complexity index is 1740. The number of aliphatic hydroxyl groups is 1. The van der Waals surface area contributed by atoms with E-state index in [0.29, 0.717) is 25.7 Å². The average molecular weight is 1340 g/mol. The molecule has 0 aromatic heterocycles. The predicted octanol–water partition coefficient (Wildman–Crippen LogP) is 21.1. The van der Waals surface area contributed by atoms with Crippen molar-refractivity contribution in [2.45, 2.75) is 399 Å². The molecule has 0 spiro atoms. The normalized spacial score (nSPS) is 14.0. The van der Waals surface area contributed by atoms with Crippen molar-refractivity contribution in [1.82, 2.24) is 0 Å². The van der Waals surface area contributed by atoms with E-state index >= 15 is 0 Å². The van der Waals surface area contributed by atoms with Crippen molar-refractivity contribution >= 4 is 39.5 Å². The van der Waals surface area contributed by atoms with E-state index in [9.17, 15) is 43.2 Å². The highest BCUT2D eigenvalue weighted by molar-refractivity contribution is 7.47. The molecule has 0 aliphatic carbocycles. The summed E-state index contributed by atoms with van der Waals surface area (Å²) in [6, 6.07) is 0. The van der Waals surface area contributed by atoms with E-state index < -0.39 is 97.5 Å². The first kappa shape index (κ1) is 89.1.